The van der Waals surface area contributed by atoms with Gasteiger partial charge in [-0.3, -0.25) is 9.69 Å². The van der Waals surface area contributed by atoms with Gasteiger partial charge in [-0.05, 0) is 37.7 Å². The molecule has 0 radical (unpaired) electrons. The summed E-state index contributed by atoms with van der Waals surface area (Å²) in [7, 11) is 3.58. The summed E-state index contributed by atoms with van der Waals surface area (Å²) in [6.07, 6.45) is 1.73. The summed E-state index contributed by atoms with van der Waals surface area (Å²) in [5.74, 6) is 1.44. The molecule has 0 atom stereocenters. The van der Waals surface area contributed by atoms with Crippen molar-refractivity contribution in [3.05, 3.63) is 64.6 Å². The number of fused-ring (bicyclic) bond motifs is 1. The van der Waals surface area contributed by atoms with Crippen LogP contribution in [0, 0.1) is 0 Å². The zero-order chi connectivity index (χ0) is 18.5. The second-order valence-electron chi connectivity index (χ2n) is 6.11. The quantitative estimate of drug-likeness (QED) is 0.654. The maximum absolute atomic E-state index is 12.6. The van der Waals surface area contributed by atoms with E-state index < -0.39 is 0 Å². The molecule has 0 N–H and O–H groups in total. The number of ether oxygens (including phenoxy) is 2. The fourth-order valence-corrected chi connectivity index (χ4v) is 2.90. The molecule has 3 aromatic rings. The number of rotatable bonds is 7. The van der Waals surface area contributed by atoms with E-state index in [0.717, 1.165) is 16.7 Å². The van der Waals surface area contributed by atoms with Gasteiger partial charge in [0.1, 0.15) is 0 Å². The van der Waals surface area contributed by atoms with E-state index in [-0.39, 0.29) is 5.56 Å². The summed E-state index contributed by atoms with van der Waals surface area (Å²) in [5.41, 5.74) is 0.987. The van der Waals surface area contributed by atoms with Gasteiger partial charge in [-0.25, -0.2) is 4.68 Å². The first-order chi connectivity index (χ1) is 12.6. The van der Waals surface area contributed by atoms with Crippen molar-refractivity contribution in [2.24, 2.45) is 0 Å². The Morgan fingerprint density at radius 2 is 1.96 bits per heavy atom. The molecule has 6 heteroatoms. The van der Waals surface area contributed by atoms with Crippen molar-refractivity contribution in [3.8, 4) is 11.5 Å². The van der Waals surface area contributed by atoms with Gasteiger partial charge >= 0.3 is 0 Å². The van der Waals surface area contributed by atoms with Crippen molar-refractivity contribution in [3.63, 3.8) is 0 Å². The Morgan fingerprint density at radius 3 is 2.73 bits per heavy atom. The molecule has 0 aliphatic rings. The summed E-state index contributed by atoms with van der Waals surface area (Å²) in [6.45, 7) is 3.59. The third-order valence-electron chi connectivity index (χ3n) is 4.12. The normalized spacial score (nSPS) is 11.1. The second kappa shape index (κ2) is 8.01. The van der Waals surface area contributed by atoms with Crippen LogP contribution in [0.1, 0.15) is 12.5 Å². The molecule has 6 nitrogen and oxygen atoms in total. The van der Waals surface area contributed by atoms with Crippen LogP contribution >= 0.6 is 0 Å². The highest BCUT2D eigenvalue weighted by atomic mass is 16.5. The number of hydrogen-bond acceptors (Lipinski definition) is 5. The Morgan fingerprint density at radius 1 is 1.15 bits per heavy atom. The maximum atomic E-state index is 12.6. The lowest BCUT2D eigenvalue weighted by atomic mass is 10.2. The first kappa shape index (κ1) is 17.9. The van der Waals surface area contributed by atoms with Crippen LogP contribution in [0.15, 0.2) is 53.5 Å². The first-order valence-corrected chi connectivity index (χ1v) is 8.55. The Labute approximate surface area is 152 Å². The van der Waals surface area contributed by atoms with Crippen molar-refractivity contribution in [1.29, 1.82) is 0 Å². The van der Waals surface area contributed by atoms with E-state index in [1.54, 1.807) is 13.3 Å². The molecule has 136 valence electrons. The Balaban J connectivity index is 1.76. The average molecular weight is 353 g/mol. The molecule has 2 aromatic carbocycles. The van der Waals surface area contributed by atoms with Gasteiger partial charge in [0.25, 0.3) is 5.56 Å². The summed E-state index contributed by atoms with van der Waals surface area (Å²) in [5, 5.41) is 5.81. The van der Waals surface area contributed by atoms with Crippen LogP contribution in [0.2, 0.25) is 0 Å². The average Bonchev–Trinajstić information content (AvgIpc) is 2.65. The predicted molar refractivity (Wildman–Crippen MR) is 102 cm³/mol. The molecule has 0 saturated carbocycles. The molecule has 0 bridgehead atoms. The number of benzene rings is 2. The summed E-state index contributed by atoms with van der Waals surface area (Å²) in [6, 6.07) is 13.4. The van der Waals surface area contributed by atoms with Crippen LogP contribution in [-0.2, 0) is 13.2 Å². The Kier molecular flexibility index (Phi) is 5.53. The standard InChI is InChI=1S/C20H23N3O3/c1-4-26-18-10-9-15(11-19(18)25-3)13-22(2)14-23-20(24)17-8-6-5-7-16(17)12-21-23/h5-12H,4,13-14H2,1-3H3. The molecular formula is C20H23N3O3. The van der Waals surface area contributed by atoms with E-state index >= 15 is 0 Å². The first-order valence-electron chi connectivity index (χ1n) is 8.55. The summed E-state index contributed by atoms with van der Waals surface area (Å²) >= 11 is 0. The van der Waals surface area contributed by atoms with E-state index in [0.29, 0.717) is 31.0 Å². The van der Waals surface area contributed by atoms with Crippen molar-refractivity contribution in [2.75, 3.05) is 20.8 Å². The Hall–Kier alpha value is -2.86. The number of aromatic nitrogens is 2. The molecule has 1 heterocycles. The largest absolute Gasteiger partial charge is 0.493 e. The highest BCUT2D eigenvalue weighted by molar-refractivity contribution is 5.80. The lowest BCUT2D eigenvalue weighted by molar-refractivity contribution is 0.240. The number of nitrogens with zero attached hydrogens (tertiary/aromatic N) is 3. The van der Waals surface area contributed by atoms with E-state index in [4.69, 9.17) is 9.47 Å². The van der Waals surface area contributed by atoms with Crippen LogP contribution in [0.4, 0.5) is 0 Å². The van der Waals surface area contributed by atoms with Crippen molar-refractivity contribution in [1.82, 2.24) is 14.7 Å². The lowest BCUT2D eigenvalue weighted by Crippen LogP contribution is -2.31. The topological polar surface area (TPSA) is 56.6 Å². The van der Waals surface area contributed by atoms with Gasteiger partial charge in [0.05, 0.1) is 32.0 Å². The van der Waals surface area contributed by atoms with E-state index in [2.05, 4.69) is 5.10 Å². The zero-order valence-electron chi connectivity index (χ0n) is 15.3. The number of hydrogen-bond donors (Lipinski definition) is 0. The molecular weight excluding hydrogens is 330 g/mol. The highest BCUT2D eigenvalue weighted by Gasteiger charge is 2.09. The molecule has 0 spiro atoms. The molecule has 0 unspecified atom stereocenters. The molecule has 0 aliphatic carbocycles. The maximum Gasteiger partial charge on any atom is 0.275 e. The van der Waals surface area contributed by atoms with Gasteiger partial charge in [0, 0.05) is 11.9 Å². The van der Waals surface area contributed by atoms with Gasteiger partial charge in [0.15, 0.2) is 11.5 Å². The molecule has 1 aromatic heterocycles. The number of methoxy groups -OCH3 is 1. The molecule has 3 rings (SSSR count). The Bertz CT molecular complexity index is 952. The highest BCUT2D eigenvalue weighted by Crippen LogP contribution is 2.28. The predicted octanol–water partition coefficient (Wildman–Crippen LogP) is 2.89. The minimum Gasteiger partial charge on any atom is -0.493 e. The molecule has 26 heavy (non-hydrogen) atoms. The smallest absolute Gasteiger partial charge is 0.275 e. The fraction of sp³-hybridized carbons (Fsp3) is 0.300. The van der Waals surface area contributed by atoms with E-state index in [1.807, 2.05) is 61.3 Å². The monoisotopic (exact) mass is 353 g/mol. The van der Waals surface area contributed by atoms with Gasteiger partial charge in [-0.15, -0.1) is 0 Å². The van der Waals surface area contributed by atoms with Crippen molar-refractivity contribution >= 4 is 10.8 Å². The van der Waals surface area contributed by atoms with E-state index in [9.17, 15) is 4.79 Å². The molecule has 0 amide bonds. The molecule has 0 fully saturated rings. The van der Waals surface area contributed by atoms with Crippen LogP contribution in [-0.4, -0.2) is 35.4 Å². The van der Waals surface area contributed by atoms with Gasteiger partial charge in [0.2, 0.25) is 0 Å². The zero-order valence-corrected chi connectivity index (χ0v) is 15.3. The second-order valence-corrected chi connectivity index (χ2v) is 6.11. The van der Waals surface area contributed by atoms with Crippen LogP contribution < -0.4 is 15.0 Å². The van der Waals surface area contributed by atoms with Gasteiger partial charge in [-0.1, -0.05) is 24.3 Å². The SMILES string of the molecule is CCOc1ccc(CN(C)Cn2ncc3ccccc3c2=O)cc1OC. The minimum absolute atomic E-state index is 0.0841. The van der Waals surface area contributed by atoms with Gasteiger partial charge in [-0.2, -0.15) is 5.10 Å². The summed E-state index contributed by atoms with van der Waals surface area (Å²) < 4.78 is 12.4. The van der Waals surface area contributed by atoms with Crippen LogP contribution in [0.5, 0.6) is 11.5 Å². The van der Waals surface area contributed by atoms with Gasteiger partial charge < -0.3 is 9.47 Å². The van der Waals surface area contributed by atoms with Crippen LogP contribution in [0.25, 0.3) is 10.8 Å². The third kappa shape index (κ3) is 3.86. The van der Waals surface area contributed by atoms with Crippen LogP contribution in [0.3, 0.4) is 0 Å². The third-order valence-corrected chi connectivity index (χ3v) is 4.12. The summed E-state index contributed by atoms with van der Waals surface area (Å²) in [4.78, 5) is 14.6. The fourth-order valence-electron chi connectivity index (χ4n) is 2.90. The van der Waals surface area contributed by atoms with Crippen molar-refractivity contribution in [2.45, 2.75) is 20.1 Å². The van der Waals surface area contributed by atoms with Crippen molar-refractivity contribution < 1.29 is 9.47 Å². The molecule has 0 saturated heterocycles. The minimum atomic E-state index is -0.0841. The molecule has 0 aliphatic heterocycles. The van der Waals surface area contributed by atoms with E-state index in [1.165, 1.54) is 4.68 Å². The lowest BCUT2D eigenvalue weighted by Gasteiger charge is -2.18.